The van der Waals surface area contributed by atoms with Gasteiger partial charge >= 0.3 is 0 Å². The zero-order valence-electron chi connectivity index (χ0n) is 15.0. The summed E-state index contributed by atoms with van der Waals surface area (Å²) in [6, 6.07) is 7.74. The number of fused-ring (bicyclic) bond motifs is 1. The molecule has 1 aliphatic heterocycles. The molecular formula is C20H26N2O3. The van der Waals surface area contributed by atoms with Crippen LogP contribution in [0.2, 0.25) is 0 Å². The Morgan fingerprint density at radius 3 is 2.20 bits per heavy atom. The zero-order valence-corrected chi connectivity index (χ0v) is 15.0. The Balaban J connectivity index is 1.61. The number of nitrogens with zero attached hydrogens (tertiary/aromatic N) is 1. The molecule has 2 aliphatic rings. The van der Waals surface area contributed by atoms with Crippen LogP contribution < -0.4 is 5.32 Å². The second-order valence-corrected chi connectivity index (χ2v) is 7.24. The average molecular weight is 342 g/mol. The number of imide groups is 1. The van der Waals surface area contributed by atoms with Gasteiger partial charge in [-0.15, -0.1) is 0 Å². The highest BCUT2D eigenvalue weighted by molar-refractivity contribution is 6.08. The van der Waals surface area contributed by atoms with Gasteiger partial charge in [0, 0.05) is 5.69 Å². The summed E-state index contributed by atoms with van der Waals surface area (Å²) in [4.78, 5) is 38.3. The van der Waals surface area contributed by atoms with Crippen molar-refractivity contribution in [3.63, 3.8) is 0 Å². The fourth-order valence-corrected chi connectivity index (χ4v) is 3.86. The van der Waals surface area contributed by atoms with Gasteiger partial charge in [0.05, 0.1) is 11.8 Å². The average Bonchev–Trinajstić information content (AvgIpc) is 2.87. The summed E-state index contributed by atoms with van der Waals surface area (Å²) in [5, 5.41) is 2.79. The van der Waals surface area contributed by atoms with E-state index in [9.17, 15) is 14.4 Å². The molecule has 25 heavy (non-hydrogen) atoms. The van der Waals surface area contributed by atoms with Crippen LogP contribution in [0.15, 0.2) is 24.3 Å². The molecule has 1 N–H and O–H groups in total. The van der Waals surface area contributed by atoms with Crippen molar-refractivity contribution in [2.24, 2.45) is 11.8 Å². The predicted molar refractivity (Wildman–Crippen MR) is 95.9 cm³/mol. The third kappa shape index (κ3) is 3.60. The standard InChI is InChI=1S/C20H26N2O3/c1-3-13(2)14-8-10-15(11-9-14)21-18(23)12-22-19(24)16-6-4-5-7-17(16)20(22)25/h8-11,13,16-17H,3-7,12H2,1-2H3,(H,21,23)/t13-,16+,17+/m1/s1. The van der Waals surface area contributed by atoms with Crippen molar-refractivity contribution in [2.45, 2.75) is 51.9 Å². The predicted octanol–water partition coefficient (Wildman–Crippen LogP) is 3.31. The molecule has 5 heteroatoms. The molecule has 5 nitrogen and oxygen atoms in total. The fourth-order valence-electron chi connectivity index (χ4n) is 3.86. The van der Waals surface area contributed by atoms with Gasteiger partial charge < -0.3 is 5.32 Å². The van der Waals surface area contributed by atoms with E-state index in [1.807, 2.05) is 24.3 Å². The molecule has 1 aromatic rings. The van der Waals surface area contributed by atoms with E-state index < -0.39 is 0 Å². The van der Waals surface area contributed by atoms with Crippen LogP contribution in [0.3, 0.4) is 0 Å². The Morgan fingerprint density at radius 1 is 1.12 bits per heavy atom. The summed E-state index contributed by atoms with van der Waals surface area (Å²) < 4.78 is 0. The maximum atomic E-state index is 12.4. The van der Waals surface area contributed by atoms with E-state index in [1.54, 1.807) is 0 Å². The Kier molecular flexibility index (Phi) is 5.21. The van der Waals surface area contributed by atoms with Gasteiger partial charge in [0.25, 0.3) is 0 Å². The lowest BCUT2D eigenvalue weighted by atomic mass is 9.81. The summed E-state index contributed by atoms with van der Waals surface area (Å²) in [7, 11) is 0. The van der Waals surface area contributed by atoms with Gasteiger partial charge in [0.2, 0.25) is 17.7 Å². The lowest BCUT2D eigenvalue weighted by molar-refractivity contribution is -0.142. The summed E-state index contributed by atoms with van der Waals surface area (Å²) in [5.41, 5.74) is 1.92. The van der Waals surface area contributed by atoms with Crippen LogP contribution >= 0.6 is 0 Å². The number of amides is 3. The molecule has 0 spiro atoms. The maximum absolute atomic E-state index is 12.4. The molecule has 3 amide bonds. The molecule has 3 rings (SSSR count). The van der Waals surface area contributed by atoms with Crippen LogP contribution in [0, 0.1) is 11.8 Å². The SMILES string of the molecule is CC[C@@H](C)c1ccc(NC(=O)CN2C(=O)[C@H]3CCCC[C@@H]3C2=O)cc1. The highest BCUT2D eigenvalue weighted by atomic mass is 16.2. The van der Waals surface area contributed by atoms with Crippen molar-refractivity contribution in [1.82, 2.24) is 4.90 Å². The Morgan fingerprint density at radius 2 is 1.68 bits per heavy atom. The maximum Gasteiger partial charge on any atom is 0.244 e. The molecule has 1 aliphatic carbocycles. The van der Waals surface area contributed by atoms with Crippen LogP contribution in [0.4, 0.5) is 5.69 Å². The first-order valence-electron chi connectivity index (χ1n) is 9.26. The molecule has 1 saturated carbocycles. The lowest BCUT2D eigenvalue weighted by Gasteiger charge is -2.19. The molecular weight excluding hydrogens is 316 g/mol. The second kappa shape index (κ2) is 7.38. The highest BCUT2D eigenvalue weighted by Crippen LogP contribution is 2.37. The lowest BCUT2D eigenvalue weighted by Crippen LogP contribution is -2.38. The zero-order chi connectivity index (χ0) is 18.0. The van der Waals surface area contributed by atoms with E-state index in [0.717, 1.165) is 37.0 Å². The molecule has 1 aromatic carbocycles. The summed E-state index contributed by atoms with van der Waals surface area (Å²) in [6.07, 6.45) is 4.58. The number of rotatable bonds is 5. The van der Waals surface area contributed by atoms with E-state index in [0.29, 0.717) is 11.6 Å². The smallest absolute Gasteiger partial charge is 0.244 e. The van der Waals surface area contributed by atoms with E-state index in [1.165, 1.54) is 5.56 Å². The molecule has 0 unspecified atom stereocenters. The Hall–Kier alpha value is -2.17. The van der Waals surface area contributed by atoms with Crippen molar-refractivity contribution < 1.29 is 14.4 Å². The van der Waals surface area contributed by atoms with Crippen LogP contribution in [0.25, 0.3) is 0 Å². The van der Waals surface area contributed by atoms with E-state index >= 15 is 0 Å². The third-order valence-electron chi connectivity index (χ3n) is 5.61. The number of likely N-dealkylation sites (tertiary alicyclic amines) is 1. The van der Waals surface area contributed by atoms with Crippen molar-refractivity contribution in [3.05, 3.63) is 29.8 Å². The van der Waals surface area contributed by atoms with Gasteiger partial charge in [0.15, 0.2) is 0 Å². The molecule has 1 heterocycles. The quantitative estimate of drug-likeness (QED) is 0.835. The number of hydrogen-bond donors (Lipinski definition) is 1. The fraction of sp³-hybridized carbons (Fsp3) is 0.550. The highest BCUT2D eigenvalue weighted by Gasteiger charge is 2.48. The monoisotopic (exact) mass is 342 g/mol. The van der Waals surface area contributed by atoms with E-state index in [-0.39, 0.29) is 36.1 Å². The largest absolute Gasteiger partial charge is 0.325 e. The minimum absolute atomic E-state index is 0.169. The number of carbonyl (C=O) groups is 3. The molecule has 1 saturated heterocycles. The van der Waals surface area contributed by atoms with Gasteiger partial charge in [-0.3, -0.25) is 19.3 Å². The number of anilines is 1. The molecule has 0 bridgehead atoms. The molecule has 0 radical (unpaired) electrons. The number of hydrogen-bond acceptors (Lipinski definition) is 3. The third-order valence-corrected chi connectivity index (χ3v) is 5.61. The van der Waals surface area contributed by atoms with Gasteiger partial charge in [-0.25, -0.2) is 0 Å². The number of carbonyl (C=O) groups excluding carboxylic acids is 3. The minimum atomic E-state index is -0.323. The van der Waals surface area contributed by atoms with Crippen molar-refractivity contribution >= 4 is 23.4 Å². The topological polar surface area (TPSA) is 66.5 Å². The second-order valence-electron chi connectivity index (χ2n) is 7.24. The normalized spacial score (nSPS) is 24.2. The van der Waals surface area contributed by atoms with Crippen molar-refractivity contribution in [1.29, 1.82) is 0 Å². The van der Waals surface area contributed by atoms with Crippen LogP contribution in [0.5, 0.6) is 0 Å². The Bertz CT molecular complexity index is 644. The number of benzene rings is 1. The summed E-state index contributed by atoms with van der Waals surface area (Å²) in [5.74, 6) is -0.591. The first-order chi connectivity index (χ1) is 12.0. The first kappa shape index (κ1) is 17.6. The molecule has 3 atom stereocenters. The van der Waals surface area contributed by atoms with Crippen LogP contribution in [-0.2, 0) is 14.4 Å². The Labute approximate surface area is 148 Å². The first-order valence-corrected chi connectivity index (χ1v) is 9.26. The van der Waals surface area contributed by atoms with Gasteiger partial charge in [-0.05, 0) is 42.9 Å². The number of nitrogens with one attached hydrogen (secondary N) is 1. The van der Waals surface area contributed by atoms with E-state index in [2.05, 4.69) is 19.2 Å². The van der Waals surface area contributed by atoms with Crippen molar-refractivity contribution in [2.75, 3.05) is 11.9 Å². The van der Waals surface area contributed by atoms with E-state index in [4.69, 9.17) is 0 Å². The van der Waals surface area contributed by atoms with Gasteiger partial charge in [0.1, 0.15) is 6.54 Å². The molecule has 2 fully saturated rings. The van der Waals surface area contributed by atoms with Gasteiger partial charge in [-0.1, -0.05) is 38.8 Å². The van der Waals surface area contributed by atoms with Crippen molar-refractivity contribution in [3.8, 4) is 0 Å². The summed E-state index contributed by atoms with van der Waals surface area (Å²) in [6.45, 7) is 4.12. The summed E-state index contributed by atoms with van der Waals surface area (Å²) >= 11 is 0. The molecule has 134 valence electrons. The van der Waals surface area contributed by atoms with Crippen LogP contribution in [-0.4, -0.2) is 29.2 Å². The minimum Gasteiger partial charge on any atom is -0.325 e. The van der Waals surface area contributed by atoms with Crippen LogP contribution in [0.1, 0.15) is 57.4 Å². The van der Waals surface area contributed by atoms with Gasteiger partial charge in [-0.2, -0.15) is 0 Å². The molecule has 0 aromatic heterocycles.